The maximum Gasteiger partial charge on any atom is 0.258 e. The highest BCUT2D eigenvalue weighted by molar-refractivity contribution is 6.04. The zero-order valence-corrected chi connectivity index (χ0v) is 12.1. The van der Waals surface area contributed by atoms with Crippen LogP contribution in [0.3, 0.4) is 0 Å². The van der Waals surface area contributed by atoms with E-state index >= 15 is 0 Å². The van der Waals surface area contributed by atoms with Crippen molar-refractivity contribution in [3.63, 3.8) is 0 Å². The molecule has 0 fully saturated rings. The zero-order chi connectivity index (χ0) is 15.2. The number of nitrogens with zero attached hydrogens (tertiary/aromatic N) is 2. The molecule has 108 valence electrons. The van der Waals surface area contributed by atoms with Crippen molar-refractivity contribution in [2.24, 2.45) is 7.05 Å². The highest BCUT2D eigenvalue weighted by atomic mass is 16.2. The van der Waals surface area contributed by atoms with E-state index in [-0.39, 0.29) is 12.5 Å². The third kappa shape index (κ3) is 3.71. The van der Waals surface area contributed by atoms with Crippen molar-refractivity contribution >= 4 is 11.6 Å². The Labute approximate surface area is 123 Å². The first-order valence-corrected chi connectivity index (χ1v) is 6.66. The van der Waals surface area contributed by atoms with Crippen LogP contribution in [0.4, 0.5) is 5.69 Å². The fraction of sp³-hybridized carbons (Fsp3) is 0.250. The number of aromatic nitrogens is 2. The number of hydrogen-bond donors (Lipinski definition) is 2. The summed E-state index contributed by atoms with van der Waals surface area (Å²) in [6.07, 6.45) is 3.97. The van der Waals surface area contributed by atoms with E-state index < -0.39 is 0 Å². The Balaban J connectivity index is 2.21. The summed E-state index contributed by atoms with van der Waals surface area (Å²) in [5, 5.41) is 15.6. The van der Waals surface area contributed by atoms with Gasteiger partial charge in [-0.15, -0.1) is 0 Å². The van der Waals surface area contributed by atoms with Crippen LogP contribution in [0.1, 0.15) is 28.4 Å². The second-order valence-electron chi connectivity index (χ2n) is 4.54. The molecule has 0 saturated carbocycles. The SMILES string of the molecule is CCc1cc(C#CCO)ccc1NC(=O)c1cnn(C)c1. The van der Waals surface area contributed by atoms with E-state index in [4.69, 9.17) is 5.11 Å². The summed E-state index contributed by atoms with van der Waals surface area (Å²) in [5.74, 6) is 5.28. The van der Waals surface area contributed by atoms with Gasteiger partial charge in [-0.05, 0) is 30.2 Å². The second kappa shape index (κ2) is 6.73. The largest absolute Gasteiger partial charge is 0.384 e. The Morgan fingerprint density at radius 1 is 1.48 bits per heavy atom. The lowest BCUT2D eigenvalue weighted by Gasteiger charge is -2.09. The number of benzene rings is 1. The minimum absolute atomic E-state index is 0.166. The molecule has 0 spiro atoms. The number of nitrogens with one attached hydrogen (secondary N) is 1. The normalized spacial score (nSPS) is 9.86. The van der Waals surface area contributed by atoms with E-state index in [1.54, 1.807) is 17.9 Å². The highest BCUT2D eigenvalue weighted by Gasteiger charge is 2.10. The highest BCUT2D eigenvalue weighted by Crippen LogP contribution is 2.19. The fourth-order valence-electron chi connectivity index (χ4n) is 1.96. The van der Waals surface area contributed by atoms with Gasteiger partial charge < -0.3 is 10.4 Å². The average molecular weight is 283 g/mol. The van der Waals surface area contributed by atoms with Gasteiger partial charge in [-0.25, -0.2) is 0 Å². The van der Waals surface area contributed by atoms with Crippen molar-refractivity contribution in [2.75, 3.05) is 11.9 Å². The number of carbonyl (C=O) groups excluding carboxylic acids is 1. The van der Waals surface area contributed by atoms with Crippen LogP contribution in [-0.4, -0.2) is 27.4 Å². The summed E-state index contributed by atoms with van der Waals surface area (Å²) in [7, 11) is 1.77. The summed E-state index contributed by atoms with van der Waals surface area (Å²) in [6.45, 7) is 1.85. The van der Waals surface area contributed by atoms with Gasteiger partial charge in [-0.2, -0.15) is 5.10 Å². The molecule has 0 radical (unpaired) electrons. The summed E-state index contributed by atoms with van der Waals surface area (Å²) >= 11 is 0. The topological polar surface area (TPSA) is 67.2 Å². The van der Waals surface area contributed by atoms with Gasteiger partial charge in [-0.3, -0.25) is 9.48 Å². The molecule has 5 heteroatoms. The molecule has 2 rings (SSSR count). The molecule has 1 aromatic heterocycles. The standard InChI is InChI=1S/C16H17N3O2/c1-3-13-9-12(5-4-8-20)6-7-15(13)18-16(21)14-10-17-19(2)11-14/h6-7,9-11,20H,3,8H2,1-2H3,(H,18,21). The quantitative estimate of drug-likeness (QED) is 0.840. The minimum atomic E-state index is -0.188. The Bertz CT molecular complexity index is 708. The molecule has 0 aliphatic carbocycles. The number of aliphatic hydroxyl groups excluding tert-OH is 1. The molecule has 1 heterocycles. The van der Waals surface area contributed by atoms with E-state index in [1.807, 2.05) is 25.1 Å². The lowest BCUT2D eigenvalue weighted by Crippen LogP contribution is -2.12. The Morgan fingerprint density at radius 3 is 2.90 bits per heavy atom. The van der Waals surface area contributed by atoms with Gasteiger partial charge in [0.15, 0.2) is 0 Å². The van der Waals surface area contributed by atoms with Crippen molar-refractivity contribution in [3.05, 3.63) is 47.3 Å². The first-order chi connectivity index (χ1) is 10.1. The van der Waals surface area contributed by atoms with Gasteiger partial charge in [0.1, 0.15) is 6.61 Å². The number of hydrogen-bond acceptors (Lipinski definition) is 3. The van der Waals surface area contributed by atoms with Gasteiger partial charge in [0.05, 0.1) is 11.8 Å². The Morgan fingerprint density at radius 2 is 2.29 bits per heavy atom. The minimum Gasteiger partial charge on any atom is -0.384 e. The second-order valence-corrected chi connectivity index (χ2v) is 4.54. The summed E-state index contributed by atoms with van der Waals surface area (Å²) < 4.78 is 1.59. The number of aliphatic hydroxyl groups is 1. The number of anilines is 1. The zero-order valence-electron chi connectivity index (χ0n) is 12.1. The van der Waals surface area contributed by atoms with Crippen LogP contribution < -0.4 is 5.32 Å². The number of carbonyl (C=O) groups is 1. The van der Waals surface area contributed by atoms with Crippen LogP contribution in [0, 0.1) is 11.8 Å². The predicted molar refractivity (Wildman–Crippen MR) is 80.9 cm³/mol. The van der Waals surface area contributed by atoms with E-state index in [0.29, 0.717) is 5.56 Å². The van der Waals surface area contributed by atoms with Gasteiger partial charge in [0, 0.05) is 24.5 Å². The third-order valence-corrected chi connectivity index (χ3v) is 3.01. The van der Waals surface area contributed by atoms with Crippen molar-refractivity contribution in [3.8, 4) is 11.8 Å². The first-order valence-electron chi connectivity index (χ1n) is 6.66. The van der Waals surface area contributed by atoms with Crippen molar-refractivity contribution in [1.82, 2.24) is 9.78 Å². The van der Waals surface area contributed by atoms with Crippen molar-refractivity contribution in [1.29, 1.82) is 0 Å². The van der Waals surface area contributed by atoms with Gasteiger partial charge >= 0.3 is 0 Å². The van der Waals surface area contributed by atoms with Gasteiger partial charge in [-0.1, -0.05) is 18.8 Å². The molecule has 2 aromatic rings. The van der Waals surface area contributed by atoms with Crippen LogP contribution >= 0.6 is 0 Å². The maximum absolute atomic E-state index is 12.1. The van der Waals surface area contributed by atoms with Crippen molar-refractivity contribution in [2.45, 2.75) is 13.3 Å². The molecule has 21 heavy (non-hydrogen) atoms. The molecule has 0 aliphatic rings. The molecule has 0 unspecified atom stereocenters. The molecule has 0 aliphatic heterocycles. The summed E-state index contributed by atoms with van der Waals surface area (Å²) in [6, 6.07) is 5.57. The van der Waals surface area contributed by atoms with Crippen LogP contribution in [0.2, 0.25) is 0 Å². The van der Waals surface area contributed by atoms with E-state index in [0.717, 1.165) is 23.2 Å². The Kier molecular flexibility index (Phi) is 4.75. The molecule has 2 N–H and O–H groups in total. The van der Waals surface area contributed by atoms with E-state index in [9.17, 15) is 4.79 Å². The molecule has 5 nitrogen and oxygen atoms in total. The fourth-order valence-corrected chi connectivity index (χ4v) is 1.96. The summed E-state index contributed by atoms with van der Waals surface area (Å²) in [5.41, 5.74) is 3.10. The molecule has 1 aromatic carbocycles. The monoisotopic (exact) mass is 283 g/mol. The van der Waals surface area contributed by atoms with E-state index in [1.165, 1.54) is 6.20 Å². The smallest absolute Gasteiger partial charge is 0.258 e. The molecule has 0 bridgehead atoms. The van der Waals surface area contributed by atoms with Crippen LogP contribution in [0.15, 0.2) is 30.6 Å². The summed E-state index contributed by atoms with van der Waals surface area (Å²) in [4.78, 5) is 12.1. The number of rotatable bonds is 3. The van der Waals surface area contributed by atoms with Gasteiger partial charge in [0.25, 0.3) is 5.91 Å². The van der Waals surface area contributed by atoms with E-state index in [2.05, 4.69) is 22.3 Å². The van der Waals surface area contributed by atoms with Crippen molar-refractivity contribution < 1.29 is 9.90 Å². The lowest BCUT2D eigenvalue weighted by atomic mass is 10.1. The molecule has 0 saturated heterocycles. The lowest BCUT2D eigenvalue weighted by molar-refractivity contribution is 0.102. The molecular weight excluding hydrogens is 266 g/mol. The van der Waals surface area contributed by atoms with Crippen LogP contribution in [-0.2, 0) is 13.5 Å². The molecule has 0 atom stereocenters. The molecule has 1 amide bonds. The van der Waals surface area contributed by atoms with Crippen LogP contribution in [0.25, 0.3) is 0 Å². The maximum atomic E-state index is 12.1. The number of amides is 1. The molecular formula is C16H17N3O2. The Hall–Kier alpha value is -2.58. The number of aryl methyl sites for hydroxylation is 2. The predicted octanol–water partition coefficient (Wildman–Crippen LogP) is 1.58. The third-order valence-electron chi connectivity index (χ3n) is 3.01. The first kappa shape index (κ1) is 14.8. The van der Waals surface area contributed by atoms with Gasteiger partial charge in [0.2, 0.25) is 0 Å². The average Bonchev–Trinajstić information content (AvgIpc) is 2.92. The van der Waals surface area contributed by atoms with Crippen LogP contribution in [0.5, 0.6) is 0 Å².